The van der Waals surface area contributed by atoms with Crippen molar-refractivity contribution in [3.8, 4) is 0 Å². The highest BCUT2D eigenvalue weighted by molar-refractivity contribution is 9.10. The summed E-state index contributed by atoms with van der Waals surface area (Å²) in [6.45, 7) is 0.300. The lowest BCUT2D eigenvalue weighted by atomic mass is 10.1. The van der Waals surface area contributed by atoms with Crippen molar-refractivity contribution in [1.82, 2.24) is 0 Å². The van der Waals surface area contributed by atoms with E-state index in [9.17, 15) is 4.39 Å². The van der Waals surface area contributed by atoms with Crippen molar-refractivity contribution >= 4 is 15.9 Å². The summed E-state index contributed by atoms with van der Waals surface area (Å²) in [6, 6.07) is 3.02. The Morgan fingerprint density at radius 1 is 1.43 bits per heavy atom. The molecule has 0 heterocycles. The molecule has 14 heavy (non-hydrogen) atoms. The molecule has 0 amide bonds. The molecule has 0 fully saturated rings. The molecule has 0 spiro atoms. The summed E-state index contributed by atoms with van der Waals surface area (Å²) >= 11 is 3.26. The van der Waals surface area contributed by atoms with Gasteiger partial charge in [0, 0.05) is 17.1 Å². The molecule has 0 unspecified atom stereocenters. The maximum atomic E-state index is 13.1. The summed E-state index contributed by atoms with van der Waals surface area (Å²) in [6.07, 6.45) is 0.699. The maximum Gasteiger partial charge on any atom is 0.129 e. The van der Waals surface area contributed by atoms with Gasteiger partial charge in [0.15, 0.2) is 0 Å². The van der Waals surface area contributed by atoms with Gasteiger partial charge >= 0.3 is 0 Å². The Morgan fingerprint density at radius 2 is 2.14 bits per heavy atom. The van der Waals surface area contributed by atoms with E-state index >= 15 is 0 Å². The van der Waals surface area contributed by atoms with Crippen LogP contribution in [0.2, 0.25) is 0 Å². The molecular weight excluding hydrogens is 251 g/mol. The molecule has 0 atom stereocenters. The average Bonchev–Trinajstić information content (AvgIpc) is 2.17. The van der Waals surface area contributed by atoms with Crippen LogP contribution >= 0.6 is 15.9 Å². The second-order valence-electron chi connectivity index (χ2n) is 2.94. The maximum absolute atomic E-state index is 13.1. The van der Waals surface area contributed by atoms with Crippen LogP contribution in [0.3, 0.4) is 0 Å². The van der Waals surface area contributed by atoms with Gasteiger partial charge in [-0.1, -0.05) is 15.9 Å². The number of rotatable bonds is 4. The minimum Gasteiger partial charge on any atom is -0.392 e. The quantitative estimate of drug-likeness (QED) is 0.902. The summed E-state index contributed by atoms with van der Waals surface area (Å²) in [5, 5.41) is 8.87. The van der Waals surface area contributed by atoms with Crippen molar-refractivity contribution in [1.29, 1.82) is 0 Å². The highest BCUT2D eigenvalue weighted by Crippen LogP contribution is 2.22. The van der Waals surface area contributed by atoms with Crippen LogP contribution in [0.25, 0.3) is 0 Å². The predicted molar refractivity (Wildman–Crippen MR) is 55.6 cm³/mol. The fourth-order valence-corrected chi connectivity index (χ4v) is 1.68. The third-order valence-corrected chi connectivity index (χ3v) is 2.70. The fourth-order valence-electron chi connectivity index (χ4n) is 1.17. The first-order valence-corrected chi connectivity index (χ1v) is 5.05. The van der Waals surface area contributed by atoms with E-state index < -0.39 is 0 Å². The SMILES string of the molecule is COCCc1cc(CO)c(F)cc1Br. The molecule has 0 aliphatic rings. The number of halogens is 2. The lowest BCUT2D eigenvalue weighted by Crippen LogP contribution is -1.99. The van der Waals surface area contributed by atoms with Crippen LogP contribution in [0.1, 0.15) is 11.1 Å². The van der Waals surface area contributed by atoms with E-state index in [4.69, 9.17) is 9.84 Å². The largest absolute Gasteiger partial charge is 0.392 e. The second-order valence-corrected chi connectivity index (χ2v) is 3.79. The van der Waals surface area contributed by atoms with Gasteiger partial charge in [0.25, 0.3) is 0 Å². The molecule has 78 valence electrons. The van der Waals surface area contributed by atoms with Crippen LogP contribution in [0.15, 0.2) is 16.6 Å². The van der Waals surface area contributed by atoms with Crippen LogP contribution in [0, 0.1) is 5.82 Å². The number of ether oxygens (including phenoxy) is 1. The lowest BCUT2D eigenvalue weighted by molar-refractivity contribution is 0.202. The Morgan fingerprint density at radius 3 is 2.71 bits per heavy atom. The Kier molecular flexibility index (Phi) is 4.51. The molecule has 1 rings (SSSR count). The topological polar surface area (TPSA) is 29.5 Å². The Balaban J connectivity index is 2.92. The first kappa shape index (κ1) is 11.6. The van der Waals surface area contributed by atoms with E-state index in [0.717, 1.165) is 5.56 Å². The third kappa shape index (κ3) is 2.77. The molecule has 0 radical (unpaired) electrons. The van der Waals surface area contributed by atoms with Crippen LogP contribution in [-0.4, -0.2) is 18.8 Å². The van der Waals surface area contributed by atoms with Gasteiger partial charge in [-0.15, -0.1) is 0 Å². The van der Waals surface area contributed by atoms with E-state index in [1.54, 1.807) is 13.2 Å². The van der Waals surface area contributed by atoms with E-state index in [1.807, 2.05) is 0 Å². The van der Waals surface area contributed by atoms with Gasteiger partial charge in [0.05, 0.1) is 13.2 Å². The van der Waals surface area contributed by atoms with Gasteiger partial charge in [-0.25, -0.2) is 4.39 Å². The minimum atomic E-state index is -0.388. The molecule has 0 aliphatic heterocycles. The summed E-state index contributed by atoms with van der Waals surface area (Å²) in [5.74, 6) is -0.388. The molecule has 1 aromatic rings. The van der Waals surface area contributed by atoms with Gasteiger partial charge in [0.2, 0.25) is 0 Å². The summed E-state index contributed by atoms with van der Waals surface area (Å²) in [7, 11) is 1.62. The first-order valence-electron chi connectivity index (χ1n) is 4.25. The van der Waals surface area contributed by atoms with Crippen molar-refractivity contribution < 1.29 is 14.2 Å². The van der Waals surface area contributed by atoms with Crippen LogP contribution in [0.4, 0.5) is 4.39 Å². The number of aliphatic hydroxyl groups is 1. The molecule has 4 heteroatoms. The van der Waals surface area contributed by atoms with E-state index in [-0.39, 0.29) is 12.4 Å². The predicted octanol–water partition coefficient (Wildman–Crippen LogP) is 2.27. The molecule has 0 saturated heterocycles. The first-order chi connectivity index (χ1) is 6.69. The average molecular weight is 263 g/mol. The molecule has 1 aromatic carbocycles. The van der Waals surface area contributed by atoms with Crippen molar-refractivity contribution in [2.45, 2.75) is 13.0 Å². The molecule has 0 aliphatic carbocycles. The van der Waals surface area contributed by atoms with Crippen LogP contribution in [-0.2, 0) is 17.8 Å². The monoisotopic (exact) mass is 262 g/mol. The van der Waals surface area contributed by atoms with Gasteiger partial charge in [-0.05, 0) is 24.1 Å². The van der Waals surface area contributed by atoms with E-state index in [1.165, 1.54) is 6.07 Å². The van der Waals surface area contributed by atoms with E-state index in [0.29, 0.717) is 23.1 Å². The van der Waals surface area contributed by atoms with Gasteiger partial charge in [0.1, 0.15) is 5.82 Å². The second kappa shape index (κ2) is 5.44. The number of hydrogen-bond donors (Lipinski definition) is 1. The van der Waals surface area contributed by atoms with Crippen LogP contribution in [0.5, 0.6) is 0 Å². The lowest BCUT2D eigenvalue weighted by Gasteiger charge is -2.07. The van der Waals surface area contributed by atoms with Gasteiger partial charge in [-0.3, -0.25) is 0 Å². The van der Waals surface area contributed by atoms with Crippen molar-refractivity contribution in [2.75, 3.05) is 13.7 Å². The molecule has 0 bridgehead atoms. The zero-order valence-corrected chi connectivity index (χ0v) is 9.47. The Bertz CT molecular complexity index is 315. The van der Waals surface area contributed by atoms with Crippen molar-refractivity contribution in [3.05, 3.63) is 33.5 Å². The zero-order valence-electron chi connectivity index (χ0n) is 7.89. The molecule has 1 N–H and O–H groups in total. The summed E-state index contributed by atoms with van der Waals surface area (Å²) in [5.41, 5.74) is 1.26. The van der Waals surface area contributed by atoms with Gasteiger partial charge in [-0.2, -0.15) is 0 Å². The highest BCUT2D eigenvalue weighted by atomic mass is 79.9. The highest BCUT2D eigenvalue weighted by Gasteiger charge is 2.07. The summed E-state index contributed by atoms with van der Waals surface area (Å²) in [4.78, 5) is 0. The number of benzene rings is 1. The van der Waals surface area contributed by atoms with Gasteiger partial charge < -0.3 is 9.84 Å². The molecule has 0 aromatic heterocycles. The van der Waals surface area contributed by atoms with Crippen LogP contribution < -0.4 is 0 Å². The smallest absolute Gasteiger partial charge is 0.129 e. The standard InChI is InChI=1S/C10H12BrFO2/c1-14-3-2-7-4-8(6-13)10(12)5-9(7)11/h4-5,13H,2-3,6H2,1H3. The van der Waals surface area contributed by atoms with Crippen molar-refractivity contribution in [3.63, 3.8) is 0 Å². The molecule has 2 nitrogen and oxygen atoms in total. The summed E-state index contributed by atoms with van der Waals surface area (Å²) < 4.78 is 18.8. The zero-order chi connectivity index (χ0) is 10.6. The van der Waals surface area contributed by atoms with E-state index in [2.05, 4.69) is 15.9 Å². The fraction of sp³-hybridized carbons (Fsp3) is 0.400. The molecule has 0 saturated carbocycles. The minimum absolute atomic E-state index is 0.279. The normalized spacial score (nSPS) is 10.6. The number of aliphatic hydroxyl groups excluding tert-OH is 1. The third-order valence-electron chi connectivity index (χ3n) is 1.96. The number of methoxy groups -OCH3 is 1. The van der Waals surface area contributed by atoms with Crippen molar-refractivity contribution in [2.24, 2.45) is 0 Å². The Hall–Kier alpha value is -0.450. The molecular formula is C10H12BrFO2. The number of hydrogen-bond acceptors (Lipinski definition) is 2. The Labute approximate surface area is 90.8 Å².